The smallest absolute Gasteiger partial charge is 0.319 e. The first-order chi connectivity index (χ1) is 8.36. The number of esters is 1. The number of hydrogen-bond acceptors (Lipinski definition) is 5. The molecule has 0 amide bonds. The number of benzene rings is 1. The average Bonchev–Trinajstić information content (AvgIpc) is 2.28. The molecule has 0 N–H and O–H groups in total. The van der Waals surface area contributed by atoms with Crippen LogP contribution in [-0.4, -0.2) is 32.5 Å². The summed E-state index contributed by atoms with van der Waals surface area (Å²) in [5.41, 5.74) is 0. The molecule has 0 heterocycles. The van der Waals surface area contributed by atoms with Gasteiger partial charge >= 0.3 is 5.97 Å². The number of hydrogen-bond donors (Lipinski definition) is 0. The molecule has 0 spiro atoms. The van der Waals surface area contributed by atoms with Gasteiger partial charge in [-0.3, -0.25) is 4.79 Å². The van der Waals surface area contributed by atoms with Crippen LogP contribution in [-0.2, 0) is 19.4 Å². The topological polar surface area (TPSA) is 60.4 Å². The lowest BCUT2D eigenvalue weighted by atomic mass is 10.4. The van der Waals surface area contributed by atoms with Crippen LogP contribution in [0.15, 0.2) is 34.1 Å². The molecule has 0 saturated carbocycles. The second-order valence-corrected chi connectivity index (χ2v) is 7.10. The summed E-state index contributed by atoms with van der Waals surface area (Å²) in [5.74, 6) is -0.342. The van der Waals surface area contributed by atoms with E-state index < -0.39 is 15.1 Å². The van der Waals surface area contributed by atoms with E-state index >= 15 is 0 Å². The third-order valence-corrected chi connectivity index (χ3v) is 4.61. The van der Waals surface area contributed by atoms with E-state index in [-0.39, 0.29) is 10.9 Å². The highest BCUT2D eigenvalue weighted by molar-refractivity contribution is 8.01. The lowest BCUT2D eigenvalue weighted by Crippen LogP contribution is -2.17. The molecule has 0 radical (unpaired) electrons. The monoisotopic (exact) mass is 288 g/mol. The van der Waals surface area contributed by atoms with E-state index in [9.17, 15) is 13.2 Å². The normalized spacial score (nSPS) is 13.1. The molecule has 0 fully saturated rings. The minimum atomic E-state index is -3.29. The molecule has 1 unspecified atom stereocenters. The third-order valence-electron chi connectivity index (χ3n) is 2.17. The zero-order valence-electron chi connectivity index (χ0n) is 10.5. The van der Waals surface area contributed by atoms with Gasteiger partial charge in [0.25, 0.3) is 0 Å². The van der Waals surface area contributed by atoms with Gasteiger partial charge in [0.2, 0.25) is 0 Å². The quantitative estimate of drug-likeness (QED) is 0.613. The Bertz CT molecular complexity index is 523. The van der Waals surface area contributed by atoms with Crippen LogP contribution in [0.1, 0.15) is 13.8 Å². The Hall–Kier alpha value is -1.01. The molecule has 0 saturated heterocycles. The van der Waals surface area contributed by atoms with Crippen molar-refractivity contribution in [1.29, 1.82) is 0 Å². The summed E-state index contributed by atoms with van der Waals surface area (Å²) in [6.45, 7) is 3.75. The Labute approximate surface area is 112 Å². The fourth-order valence-electron chi connectivity index (χ4n) is 1.35. The van der Waals surface area contributed by atoms with Crippen molar-refractivity contribution < 1.29 is 17.9 Å². The number of carbonyl (C=O) groups excluding carboxylic acids is 1. The number of carbonyl (C=O) groups is 1. The van der Waals surface area contributed by atoms with Gasteiger partial charge in [0.1, 0.15) is 5.25 Å². The highest BCUT2D eigenvalue weighted by Gasteiger charge is 2.20. The van der Waals surface area contributed by atoms with Gasteiger partial charge in [-0.1, -0.05) is 12.1 Å². The minimum Gasteiger partial charge on any atom is -0.465 e. The summed E-state index contributed by atoms with van der Waals surface area (Å²) in [7, 11) is -3.29. The van der Waals surface area contributed by atoms with Gasteiger partial charge in [-0.2, -0.15) is 0 Å². The van der Waals surface area contributed by atoms with Gasteiger partial charge in [-0.25, -0.2) is 8.42 Å². The van der Waals surface area contributed by atoms with E-state index in [0.717, 1.165) is 6.26 Å². The van der Waals surface area contributed by atoms with Crippen molar-refractivity contribution in [3.63, 3.8) is 0 Å². The maximum Gasteiger partial charge on any atom is 0.319 e. The fraction of sp³-hybridized carbons (Fsp3) is 0.417. The number of sulfone groups is 1. The Morgan fingerprint density at radius 3 is 2.56 bits per heavy atom. The molecule has 1 aromatic rings. The van der Waals surface area contributed by atoms with Crippen LogP contribution in [0.3, 0.4) is 0 Å². The zero-order chi connectivity index (χ0) is 13.8. The highest BCUT2D eigenvalue weighted by Crippen LogP contribution is 2.30. The van der Waals surface area contributed by atoms with Gasteiger partial charge in [-0.15, -0.1) is 11.8 Å². The first kappa shape index (κ1) is 15.0. The van der Waals surface area contributed by atoms with Gasteiger partial charge in [0.05, 0.1) is 11.5 Å². The first-order valence-corrected chi connectivity index (χ1v) is 8.25. The van der Waals surface area contributed by atoms with Gasteiger partial charge in [-0.05, 0) is 26.0 Å². The molecule has 0 aliphatic carbocycles. The molecule has 1 atom stereocenters. The van der Waals surface area contributed by atoms with Crippen molar-refractivity contribution in [2.45, 2.75) is 28.9 Å². The molecule has 0 aromatic heterocycles. The molecule has 0 aliphatic heterocycles. The van der Waals surface area contributed by atoms with Crippen LogP contribution < -0.4 is 0 Å². The predicted octanol–water partition coefficient (Wildman–Crippen LogP) is 2.13. The van der Waals surface area contributed by atoms with Crippen molar-refractivity contribution in [3.05, 3.63) is 24.3 Å². The summed E-state index contributed by atoms with van der Waals surface area (Å²) < 4.78 is 28.1. The summed E-state index contributed by atoms with van der Waals surface area (Å²) in [6.07, 6.45) is 1.15. The zero-order valence-corrected chi connectivity index (χ0v) is 12.2. The molecular formula is C12H16O4S2. The summed E-state index contributed by atoms with van der Waals surface area (Å²) in [6, 6.07) is 6.64. The van der Waals surface area contributed by atoms with Crippen LogP contribution in [0.5, 0.6) is 0 Å². The van der Waals surface area contributed by atoms with Crippen LogP contribution in [0.25, 0.3) is 0 Å². The molecule has 0 bridgehead atoms. The number of ether oxygens (including phenoxy) is 1. The second-order valence-electron chi connectivity index (χ2n) is 3.73. The summed E-state index contributed by atoms with van der Waals surface area (Å²) in [5, 5.41) is -0.437. The van der Waals surface area contributed by atoms with E-state index in [2.05, 4.69) is 0 Å². The summed E-state index contributed by atoms with van der Waals surface area (Å²) in [4.78, 5) is 12.3. The molecule has 0 aliphatic rings. The van der Waals surface area contributed by atoms with Crippen molar-refractivity contribution in [2.75, 3.05) is 12.9 Å². The standard InChI is InChI=1S/C12H16O4S2/c1-4-16-12(13)9(2)17-10-7-5-6-8-11(10)18(3,14)15/h5-9H,4H2,1-3H3. The van der Waals surface area contributed by atoms with Crippen molar-refractivity contribution in [2.24, 2.45) is 0 Å². The van der Waals surface area contributed by atoms with Crippen molar-refractivity contribution >= 4 is 27.6 Å². The maximum atomic E-state index is 11.6. The van der Waals surface area contributed by atoms with E-state index in [0.29, 0.717) is 11.5 Å². The number of thioether (sulfide) groups is 1. The van der Waals surface area contributed by atoms with E-state index in [1.165, 1.54) is 17.8 Å². The van der Waals surface area contributed by atoms with Crippen molar-refractivity contribution in [1.82, 2.24) is 0 Å². The van der Waals surface area contributed by atoms with Crippen LogP contribution >= 0.6 is 11.8 Å². The van der Waals surface area contributed by atoms with E-state index in [1.54, 1.807) is 32.0 Å². The first-order valence-electron chi connectivity index (χ1n) is 5.48. The molecule has 18 heavy (non-hydrogen) atoms. The van der Waals surface area contributed by atoms with E-state index in [1.807, 2.05) is 0 Å². The van der Waals surface area contributed by atoms with Crippen LogP contribution in [0, 0.1) is 0 Å². The van der Waals surface area contributed by atoms with Gasteiger partial charge in [0, 0.05) is 11.2 Å². The van der Waals surface area contributed by atoms with E-state index in [4.69, 9.17) is 4.74 Å². The lowest BCUT2D eigenvalue weighted by Gasteiger charge is -2.12. The van der Waals surface area contributed by atoms with Crippen LogP contribution in [0.4, 0.5) is 0 Å². The lowest BCUT2D eigenvalue weighted by molar-refractivity contribution is -0.142. The maximum absolute atomic E-state index is 11.6. The Morgan fingerprint density at radius 2 is 2.00 bits per heavy atom. The van der Waals surface area contributed by atoms with Crippen molar-refractivity contribution in [3.8, 4) is 0 Å². The number of rotatable bonds is 5. The summed E-state index contributed by atoms with van der Waals surface area (Å²) >= 11 is 1.19. The molecule has 1 rings (SSSR count). The molecule has 4 nitrogen and oxygen atoms in total. The molecule has 6 heteroatoms. The van der Waals surface area contributed by atoms with Gasteiger partial charge in [0.15, 0.2) is 9.84 Å². The third kappa shape index (κ3) is 4.03. The molecule has 100 valence electrons. The van der Waals surface area contributed by atoms with Crippen LogP contribution in [0.2, 0.25) is 0 Å². The average molecular weight is 288 g/mol. The predicted molar refractivity (Wildman–Crippen MR) is 71.5 cm³/mol. The fourth-order valence-corrected chi connectivity index (χ4v) is 3.60. The Kier molecular flexibility index (Phi) is 5.22. The highest BCUT2D eigenvalue weighted by atomic mass is 32.2. The Balaban J connectivity index is 2.95. The molecular weight excluding hydrogens is 272 g/mol. The molecule has 1 aromatic carbocycles. The second kappa shape index (κ2) is 6.24. The largest absolute Gasteiger partial charge is 0.465 e. The Morgan fingerprint density at radius 1 is 1.39 bits per heavy atom. The SMILES string of the molecule is CCOC(=O)C(C)Sc1ccccc1S(C)(=O)=O. The van der Waals surface area contributed by atoms with Gasteiger partial charge < -0.3 is 4.74 Å². The minimum absolute atomic E-state index is 0.242.